The van der Waals surface area contributed by atoms with E-state index in [2.05, 4.69) is 56.5 Å². The number of nitrogens with two attached hydrogens (primary N) is 1. The maximum absolute atomic E-state index is 2.58. The molecular formula is C16H28N2+2. The number of hydrogen-bond donors (Lipinski definition) is 2. The summed E-state index contributed by atoms with van der Waals surface area (Å²) in [5.41, 5.74) is 1.47. The van der Waals surface area contributed by atoms with Crippen molar-refractivity contribution < 1.29 is 10.2 Å². The molecule has 0 aliphatic carbocycles. The number of quaternary nitrogens is 2. The summed E-state index contributed by atoms with van der Waals surface area (Å²) in [6.45, 7) is 7.36. The average Bonchev–Trinajstić information content (AvgIpc) is 2.37. The lowest BCUT2D eigenvalue weighted by Crippen LogP contribution is -3.16. The Labute approximate surface area is 111 Å². The van der Waals surface area contributed by atoms with Gasteiger partial charge in [-0.25, -0.2) is 0 Å². The van der Waals surface area contributed by atoms with Crippen molar-refractivity contribution in [1.82, 2.24) is 0 Å². The normalized spacial score (nSPS) is 32.4. The van der Waals surface area contributed by atoms with E-state index in [4.69, 9.17) is 0 Å². The number of hydrogen-bond acceptors (Lipinski definition) is 0. The zero-order valence-electron chi connectivity index (χ0n) is 12.0. The molecule has 0 aromatic heterocycles. The number of likely N-dealkylation sites (tertiary alicyclic amines) is 1. The van der Waals surface area contributed by atoms with Gasteiger partial charge >= 0.3 is 0 Å². The molecule has 1 fully saturated rings. The zero-order valence-corrected chi connectivity index (χ0v) is 12.0. The van der Waals surface area contributed by atoms with Gasteiger partial charge in [-0.2, -0.15) is 0 Å². The summed E-state index contributed by atoms with van der Waals surface area (Å²) in [6.07, 6.45) is 2.56. The van der Waals surface area contributed by atoms with Crippen LogP contribution in [0.5, 0.6) is 0 Å². The molecule has 1 aromatic carbocycles. The van der Waals surface area contributed by atoms with Crippen molar-refractivity contribution in [1.29, 1.82) is 0 Å². The summed E-state index contributed by atoms with van der Waals surface area (Å²) in [4.78, 5) is 1.70. The highest BCUT2D eigenvalue weighted by Crippen LogP contribution is 2.07. The molecule has 2 heteroatoms. The van der Waals surface area contributed by atoms with Gasteiger partial charge in [0.2, 0.25) is 0 Å². The van der Waals surface area contributed by atoms with Gasteiger partial charge in [-0.1, -0.05) is 37.3 Å². The first kappa shape index (κ1) is 13.6. The Kier molecular flexibility index (Phi) is 4.79. The molecule has 0 bridgehead atoms. The molecule has 1 unspecified atom stereocenters. The van der Waals surface area contributed by atoms with Crippen molar-refractivity contribution in [2.75, 3.05) is 20.1 Å². The van der Waals surface area contributed by atoms with Crippen LogP contribution in [0.2, 0.25) is 0 Å². The van der Waals surface area contributed by atoms with Crippen LogP contribution in [0.15, 0.2) is 30.3 Å². The van der Waals surface area contributed by atoms with E-state index in [1.54, 1.807) is 4.90 Å². The summed E-state index contributed by atoms with van der Waals surface area (Å²) >= 11 is 0. The molecule has 2 nitrogen and oxygen atoms in total. The molecule has 0 spiro atoms. The number of benzene rings is 1. The van der Waals surface area contributed by atoms with Crippen LogP contribution in [0.1, 0.15) is 25.8 Å². The highest BCUT2D eigenvalue weighted by atomic mass is 15.2. The Bertz CT molecular complexity index is 349. The first-order chi connectivity index (χ1) is 8.66. The zero-order chi connectivity index (χ0) is 13.0. The maximum atomic E-state index is 2.58. The van der Waals surface area contributed by atoms with E-state index in [1.165, 1.54) is 31.5 Å². The van der Waals surface area contributed by atoms with E-state index in [1.807, 2.05) is 0 Å². The molecule has 0 amide bonds. The second-order valence-corrected chi connectivity index (χ2v) is 6.09. The Morgan fingerprint density at radius 3 is 2.67 bits per heavy atom. The fraction of sp³-hybridized carbons (Fsp3) is 0.625. The van der Waals surface area contributed by atoms with Gasteiger partial charge in [0.1, 0.15) is 0 Å². The van der Waals surface area contributed by atoms with E-state index >= 15 is 0 Å². The molecule has 1 aliphatic heterocycles. The van der Waals surface area contributed by atoms with Crippen LogP contribution < -0.4 is 10.2 Å². The van der Waals surface area contributed by atoms with E-state index in [0.717, 1.165) is 18.0 Å². The van der Waals surface area contributed by atoms with Gasteiger partial charge in [0.15, 0.2) is 0 Å². The van der Waals surface area contributed by atoms with Crippen molar-refractivity contribution in [3.8, 4) is 0 Å². The Hall–Kier alpha value is -0.860. The molecule has 1 aromatic rings. The number of rotatable bonds is 4. The van der Waals surface area contributed by atoms with Gasteiger partial charge in [-0.3, -0.25) is 0 Å². The molecule has 18 heavy (non-hydrogen) atoms. The van der Waals surface area contributed by atoms with Crippen LogP contribution in [0.4, 0.5) is 0 Å². The quantitative estimate of drug-likeness (QED) is 0.754. The lowest BCUT2D eigenvalue weighted by Gasteiger charge is -2.35. The molecule has 2 rings (SSSR count). The van der Waals surface area contributed by atoms with E-state index in [-0.39, 0.29) is 0 Å². The molecule has 100 valence electrons. The molecule has 1 aliphatic rings. The van der Waals surface area contributed by atoms with Crippen LogP contribution in [-0.2, 0) is 6.42 Å². The van der Waals surface area contributed by atoms with Crippen LogP contribution in [0.25, 0.3) is 0 Å². The highest BCUT2D eigenvalue weighted by Gasteiger charge is 2.33. The fourth-order valence-electron chi connectivity index (χ4n) is 3.14. The fourth-order valence-corrected chi connectivity index (χ4v) is 3.14. The van der Waals surface area contributed by atoms with Crippen molar-refractivity contribution in [3.63, 3.8) is 0 Å². The van der Waals surface area contributed by atoms with Crippen molar-refractivity contribution in [2.45, 2.75) is 38.8 Å². The minimum absolute atomic E-state index is 0.819. The summed E-state index contributed by atoms with van der Waals surface area (Å²) < 4.78 is 0. The molecular weight excluding hydrogens is 220 g/mol. The van der Waals surface area contributed by atoms with Gasteiger partial charge < -0.3 is 10.2 Å². The van der Waals surface area contributed by atoms with Gasteiger partial charge in [-0.05, 0) is 12.5 Å². The second-order valence-electron chi connectivity index (χ2n) is 6.09. The predicted octanol–water partition coefficient (Wildman–Crippen LogP) is 0.104. The highest BCUT2D eigenvalue weighted by molar-refractivity contribution is 5.14. The van der Waals surface area contributed by atoms with E-state index in [9.17, 15) is 0 Å². The molecule has 4 atom stereocenters. The van der Waals surface area contributed by atoms with Gasteiger partial charge in [0, 0.05) is 6.42 Å². The van der Waals surface area contributed by atoms with Crippen LogP contribution in [0.3, 0.4) is 0 Å². The summed E-state index contributed by atoms with van der Waals surface area (Å²) in [7, 11) is 2.33. The maximum Gasteiger partial charge on any atom is 0.0996 e. The van der Waals surface area contributed by atoms with E-state index in [0.29, 0.717) is 0 Å². The van der Waals surface area contributed by atoms with Crippen molar-refractivity contribution in [3.05, 3.63) is 35.9 Å². The van der Waals surface area contributed by atoms with Crippen LogP contribution in [-0.4, -0.2) is 32.2 Å². The van der Waals surface area contributed by atoms with Crippen molar-refractivity contribution >= 4 is 0 Å². The SMILES string of the molecule is C[C@@H]1C[NH+](C)[C@H](C)C[C@@H]1[NH2+]CCc1ccccc1. The molecule has 0 radical (unpaired) electrons. The second kappa shape index (κ2) is 6.35. The predicted molar refractivity (Wildman–Crippen MR) is 75.7 cm³/mol. The van der Waals surface area contributed by atoms with Gasteiger partial charge in [-0.15, -0.1) is 0 Å². The minimum atomic E-state index is 0.819. The Morgan fingerprint density at radius 1 is 1.22 bits per heavy atom. The summed E-state index contributed by atoms with van der Waals surface area (Å²) in [6, 6.07) is 12.5. The smallest absolute Gasteiger partial charge is 0.0996 e. The topological polar surface area (TPSA) is 21.1 Å². The Morgan fingerprint density at radius 2 is 1.94 bits per heavy atom. The summed E-state index contributed by atoms with van der Waals surface area (Å²) in [5.74, 6) is 0.844. The van der Waals surface area contributed by atoms with Gasteiger partial charge in [0.05, 0.1) is 44.6 Å². The molecule has 1 saturated heterocycles. The minimum Gasteiger partial charge on any atom is -0.343 e. The van der Waals surface area contributed by atoms with Crippen LogP contribution in [0, 0.1) is 5.92 Å². The third-order valence-electron chi connectivity index (χ3n) is 4.59. The van der Waals surface area contributed by atoms with Gasteiger partial charge in [0.25, 0.3) is 0 Å². The summed E-state index contributed by atoms with van der Waals surface area (Å²) in [5, 5.41) is 2.58. The van der Waals surface area contributed by atoms with E-state index < -0.39 is 0 Å². The number of piperidine rings is 1. The third-order valence-corrected chi connectivity index (χ3v) is 4.59. The largest absolute Gasteiger partial charge is 0.343 e. The number of nitrogens with one attached hydrogen (secondary N) is 1. The standard InChI is InChI=1S/C16H26N2/c1-13-12-18(3)14(2)11-16(13)17-10-9-15-7-5-4-6-8-15/h4-8,13-14,16-17H,9-12H2,1-3H3/p+2/t13-,14-,16+/m1/s1. The van der Waals surface area contributed by atoms with Crippen molar-refractivity contribution in [2.24, 2.45) is 5.92 Å². The molecule has 3 N–H and O–H groups in total. The molecule has 0 saturated carbocycles. The third kappa shape index (κ3) is 3.56. The lowest BCUT2D eigenvalue weighted by atomic mass is 9.90. The first-order valence-electron chi connectivity index (χ1n) is 7.36. The average molecular weight is 248 g/mol. The van der Waals surface area contributed by atoms with Crippen LogP contribution >= 0.6 is 0 Å². The molecule has 1 heterocycles. The lowest BCUT2D eigenvalue weighted by molar-refractivity contribution is -0.922. The monoisotopic (exact) mass is 248 g/mol. The first-order valence-corrected chi connectivity index (χ1v) is 7.36. The Balaban J connectivity index is 1.76.